The smallest absolute Gasteiger partial charge is 0.336 e. The number of hydrogen-bond acceptors (Lipinski definition) is 3. The standard InChI is InChI=1S/C14H17NO4/c1-2-10-9-19-8-7-15(10)13(16)11-5-3-4-6-12(11)14(17)18/h3-6,10H,2,7-9H2,1H3,(H,17,18). The van der Waals surface area contributed by atoms with E-state index in [1.165, 1.54) is 6.07 Å². The third-order valence-electron chi connectivity index (χ3n) is 3.35. The molecule has 1 saturated heterocycles. The summed E-state index contributed by atoms with van der Waals surface area (Å²) in [6.45, 7) is 3.50. The van der Waals surface area contributed by atoms with E-state index >= 15 is 0 Å². The summed E-state index contributed by atoms with van der Waals surface area (Å²) in [5.74, 6) is -1.31. The van der Waals surface area contributed by atoms with E-state index in [-0.39, 0.29) is 23.1 Å². The molecular formula is C14H17NO4. The Kier molecular flexibility index (Phi) is 4.16. The first kappa shape index (κ1) is 13.5. The van der Waals surface area contributed by atoms with Crippen LogP contribution < -0.4 is 0 Å². The van der Waals surface area contributed by atoms with Crippen LogP contribution in [0.3, 0.4) is 0 Å². The van der Waals surface area contributed by atoms with Gasteiger partial charge in [-0.1, -0.05) is 19.1 Å². The number of hydrogen-bond donors (Lipinski definition) is 1. The van der Waals surface area contributed by atoms with E-state index < -0.39 is 5.97 Å². The Balaban J connectivity index is 2.30. The molecule has 2 rings (SSSR count). The van der Waals surface area contributed by atoms with Crippen molar-refractivity contribution in [2.45, 2.75) is 19.4 Å². The normalized spacial score (nSPS) is 19.2. The average Bonchev–Trinajstić information content (AvgIpc) is 2.46. The molecule has 0 aliphatic carbocycles. The Morgan fingerprint density at radius 3 is 2.68 bits per heavy atom. The van der Waals surface area contributed by atoms with Crippen LogP contribution in [0, 0.1) is 0 Å². The number of amides is 1. The molecule has 1 unspecified atom stereocenters. The zero-order chi connectivity index (χ0) is 13.8. The lowest BCUT2D eigenvalue weighted by Gasteiger charge is -2.35. The lowest BCUT2D eigenvalue weighted by atomic mass is 10.0. The van der Waals surface area contributed by atoms with Gasteiger partial charge in [-0.25, -0.2) is 4.79 Å². The van der Waals surface area contributed by atoms with Gasteiger partial charge in [0.25, 0.3) is 5.91 Å². The highest BCUT2D eigenvalue weighted by molar-refractivity contribution is 6.04. The van der Waals surface area contributed by atoms with Gasteiger partial charge in [0.1, 0.15) is 0 Å². The zero-order valence-corrected chi connectivity index (χ0v) is 10.8. The molecule has 0 spiro atoms. The second-order valence-electron chi connectivity index (χ2n) is 4.49. The average molecular weight is 263 g/mol. The van der Waals surface area contributed by atoms with Crippen LogP contribution in [0.2, 0.25) is 0 Å². The SMILES string of the molecule is CCC1COCCN1C(=O)c1ccccc1C(=O)O. The Hall–Kier alpha value is -1.88. The minimum absolute atomic E-state index is 0.0168. The van der Waals surface area contributed by atoms with Crippen LogP contribution in [-0.2, 0) is 4.74 Å². The molecule has 0 saturated carbocycles. The number of carboxylic acids is 1. The molecule has 1 aliphatic rings. The summed E-state index contributed by atoms with van der Waals surface area (Å²) in [7, 11) is 0. The van der Waals surface area contributed by atoms with Gasteiger partial charge in [0.05, 0.1) is 30.4 Å². The number of carbonyl (C=O) groups excluding carboxylic acids is 1. The fraction of sp³-hybridized carbons (Fsp3) is 0.429. The van der Waals surface area contributed by atoms with Gasteiger partial charge in [-0.05, 0) is 18.6 Å². The fourth-order valence-corrected chi connectivity index (χ4v) is 2.27. The molecule has 0 aromatic heterocycles. The number of benzene rings is 1. The molecule has 0 bridgehead atoms. The molecule has 1 aliphatic heterocycles. The molecule has 1 aromatic rings. The van der Waals surface area contributed by atoms with Crippen molar-refractivity contribution < 1.29 is 19.4 Å². The van der Waals surface area contributed by atoms with Crippen molar-refractivity contribution in [2.24, 2.45) is 0 Å². The fourth-order valence-electron chi connectivity index (χ4n) is 2.27. The summed E-state index contributed by atoms with van der Waals surface area (Å²) in [5.41, 5.74) is 0.296. The highest BCUT2D eigenvalue weighted by atomic mass is 16.5. The van der Waals surface area contributed by atoms with Crippen molar-refractivity contribution in [1.29, 1.82) is 0 Å². The van der Waals surface area contributed by atoms with Crippen LogP contribution in [0.4, 0.5) is 0 Å². The van der Waals surface area contributed by atoms with Crippen molar-refractivity contribution >= 4 is 11.9 Å². The van der Waals surface area contributed by atoms with Crippen LogP contribution in [0.1, 0.15) is 34.1 Å². The molecule has 1 amide bonds. The third kappa shape index (κ3) is 2.76. The van der Waals surface area contributed by atoms with Crippen LogP contribution in [0.25, 0.3) is 0 Å². The highest BCUT2D eigenvalue weighted by Crippen LogP contribution is 2.17. The molecule has 19 heavy (non-hydrogen) atoms. The van der Waals surface area contributed by atoms with Crippen LogP contribution >= 0.6 is 0 Å². The molecular weight excluding hydrogens is 246 g/mol. The molecule has 5 heteroatoms. The van der Waals surface area contributed by atoms with Gasteiger partial charge in [0.2, 0.25) is 0 Å². The lowest BCUT2D eigenvalue weighted by Crippen LogP contribution is -2.48. The van der Waals surface area contributed by atoms with Gasteiger partial charge in [0, 0.05) is 6.54 Å². The maximum absolute atomic E-state index is 12.5. The Labute approximate surface area is 111 Å². The lowest BCUT2D eigenvalue weighted by molar-refractivity contribution is -0.00291. The molecule has 0 radical (unpaired) electrons. The number of rotatable bonds is 3. The molecule has 5 nitrogen and oxygen atoms in total. The second-order valence-corrected chi connectivity index (χ2v) is 4.49. The van der Waals surface area contributed by atoms with E-state index in [1.807, 2.05) is 6.92 Å². The van der Waals surface area contributed by atoms with E-state index in [2.05, 4.69) is 0 Å². The highest BCUT2D eigenvalue weighted by Gasteiger charge is 2.28. The summed E-state index contributed by atoms with van der Waals surface area (Å²) in [5, 5.41) is 9.14. The van der Waals surface area contributed by atoms with E-state index in [0.29, 0.717) is 19.8 Å². The zero-order valence-electron chi connectivity index (χ0n) is 10.8. The molecule has 1 heterocycles. The predicted molar refractivity (Wildman–Crippen MR) is 69.3 cm³/mol. The first-order chi connectivity index (χ1) is 9.15. The quantitative estimate of drug-likeness (QED) is 0.900. The molecule has 1 N–H and O–H groups in total. The summed E-state index contributed by atoms with van der Waals surface area (Å²) in [4.78, 5) is 25.4. The molecule has 1 fully saturated rings. The molecule has 1 atom stereocenters. The Morgan fingerprint density at radius 2 is 2.05 bits per heavy atom. The number of carbonyl (C=O) groups is 2. The second kappa shape index (κ2) is 5.84. The van der Waals surface area contributed by atoms with E-state index in [1.54, 1.807) is 23.1 Å². The first-order valence-electron chi connectivity index (χ1n) is 6.36. The van der Waals surface area contributed by atoms with E-state index in [0.717, 1.165) is 6.42 Å². The van der Waals surface area contributed by atoms with Crippen LogP contribution in [-0.4, -0.2) is 47.7 Å². The number of aromatic carboxylic acids is 1. The maximum Gasteiger partial charge on any atom is 0.336 e. The topological polar surface area (TPSA) is 66.8 Å². The summed E-state index contributed by atoms with van der Waals surface area (Å²) in [6.07, 6.45) is 0.793. The van der Waals surface area contributed by atoms with Crippen LogP contribution in [0.15, 0.2) is 24.3 Å². The Morgan fingerprint density at radius 1 is 1.37 bits per heavy atom. The largest absolute Gasteiger partial charge is 0.478 e. The van der Waals surface area contributed by atoms with Gasteiger partial charge >= 0.3 is 5.97 Å². The Bertz CT molecular complexity index is 486. The summed E-state index contributed by atoms with van der Waals surface area (Å²) < 4.78 is 5.36. The van der Waals surface area contributed by atoms with Crippen LogP contribution in [0.5, 0.6) is 0 Å². The van der Waals surface area contributed by atoms with Crippen molar-refractivity contribution in [3.8, 4) is 0 Å². The minimum atomic E-state index is -1.08. The third-order valence-corrected chi connectivity index (χ3v) is 3.35. The van der Waals surface area contributed by atoms with Crippen molar-refractivity contribution in [3.63, 3.8) is 0 Å². The first-order valence-corrected chi connectivity index (χ1v) is 6.36. The van der Waals surface area contributed by atoms with Gasteiger partial charge in [-0.15, -0.1) is 0 Å². The van der Waals surface area contributed by atoms with Crippen molar-refractivity contribution in [2.75, 3.05) is 19.8 Å². The van der Waals surface area contributed by atoms with Gasteiger partial charge in [-0.3, -0.25) is 4.79 Å². The van der Waals surface area contributed by atoms with E-state index in [9.17, 15) is 9.59 Å². The summed E-state index contributed by atoms with van der Waals surface area (Å²) in [6, 6.07) is 6.34. The van der Waals surface area contributed by atoms with Gasteiger partial charge in [-0.2, -0.15) is 0 Å². The number of carboxylic acid groups (broad SMARTS) is 1. The maximum atomic E-state index is 12.5. The van der Waals surface area contributed by atoms with E-state index in [4.69, 9.17) is 9.84 Å². The number of morpholine rings is 1. The van der Waals surface area contributed by atoms with Gasteiger partial charge < -0.3 is 14.7 Å². The predicted octanol–water partition coefficient (Wildman–Crippen LogP) is 1.64. The summed E-state index contributed by atoms with van der Waals surface area (Å²) >= 11 is 0. The molecule has 1 aromatic carbocycles. The van der Waals surface area contributed by atoms with Gasteiger partial charge in [0.15, 0.2) is 0 Å². The van der Waals surface area contributed by atoms with Crippen molar-refractivity contribution in [1.82, 2.24) is 4.90 Å². The number of nitrogens with zero attached hydrogens (tertiary/aromatic N) is 1. The van der Waals surface area contributed by atoms with Crippen molar-refractivity contribution in [3.05, 3.63) is 35.4 Å². The monoisotopic (exact) mass is 263 g/mol. The molecule has 102 valence electrons. The number of ether oxygens (including phenoxy) is 1. The minimum Gasteiger partial charge on any atom is -0.478 e.